The maximum absolute atomic E-state index is 5.62. The Bertz CT molecular complexity index is 255. The lowest BCUT2D eigenvalue weighted by Gasteiger charge is -2.08. The van der Waals surface area contributed by atoms with E-state index < -0.39 is 3.79 Å². The molecule has 80 valence electrons. The second kappa shape index (κ2) is 4.73. The third-order valence-corrected chi connectivity index (χ3v) is 2.12. The first-order chi connectivity index (χ1) is 6.39. The molecule has 0 aromatic rings. The van der Waals surface area contributed by atoms with Crippen molar-refractivity contribution in [3.63, 3.8) is 0 Å². The minimum atomic E-state index is -1.54. The second-order valence-electron chi connectivity index (χ2n) is 3.44. The van der Waals surface area contributed by atoms with E-state index in [-0.39, 0.29) is 11.9 Å². The van der Waals surface area contributed by atoms with E-state index in [0.29, 0.717) is 12.5 Å². The molecular formula is C9H12Cl3NO. The molecule has 0 aromatic carbocycles. The van der Waals surface area contributed by atoms with Gasteiger partial charge in [-0.15, -0.1) is 0 Å². The highest BCUT2D eigenvalue weighted by Gasteiger charge is 2.34. The van der Waals surface area contributed by atoms with Crippen LogP contribution in [0.3, 0.4) is 0 Å². The summed E-state index contributed by atoms with van der Waals surface area (Å²) in [5.74, 6) is 0.669. The van der Waals surface area contributed by atoms with E-state index >= 15 is 0 Å². The summed E-state index contributed by atoms with van der Waals surface area (Å²) in [5, 5.41) is 0. The molecule has 1 unspecified atom stereocenters. The van der Waals surface area contributed by atoms with Crippen molar-refractivity contribution in [3.05, 3.63) is 12.2 Å². The first kappa shape index (κ1) is 12.2. The maximum atomic E-state index is 5.62. The van der Waals surface area contributed by atoms with Crippen molar-refractivity contribution in [2.75, 3.05) is 6.61 Å². The van der Waals surface area contributed by atoms with Crippen molar-refractivity contribution < 1.29 is 4.74 Å². The third-order valence-electron chi connectivity index (χ3n) is 1.63. The fourth-order valence-corrected chi connectivity index (χ4v) is 1.30. The summed E-state index contributed by atoms with van der Waals surface area (Å²) in [6, 6.07) is -0.0250. The molecule has 2 nitrogen and oxygen atoms in total. The molecule has 0 fully saturated rings. The molecule has 0 saturated heterocycles. The maximum Gasteiger partial charge on any atom is 0.266 e. The van der Waals surface area contributed by atoms with E-state index in [0.717, 1.165) is 0 Å². The zero-order valence-corrected chi connectivity index (χ0v) is 10.3. The van der Waals surface area contributed by atoms with Crippen LogP contribution in [-0.4, -0.2) is 22.3 Å². The lowest BCUT2D eigenvalue weighted by Crippen LogP contribution is -2.18. The van der Waals surface area contributed by atoms with Crippen molar-refractivity contribution in [2.24, 2.45) is 10.9 Å². The molecule has 1 aliphatic heterocycles. The normalized spacial score (nSPS) is 23.0. The number of alkyl halides is 3. The lowest BCUT2D eigenvalue weighted by atomic mass is 10.2. The number of hydrogen-bond donors (Lipinski definition) is 0. The summed E-state index contributed by atoms with van der Waals surface area (Å²) in [7, 11) is 0. The Kier molecular flexibility index (Phi) is 4.11. The molecule has 1 rings (SSSR count). The highest BCUT2D eigenvalue weighted by Crippen LogP contribution is 2.31. The minimum absolute atomic E-state index is 0.0250. The van der Waals surface area contributed by atoms with Crippen LogP contribution in [0.1, 0.15) is 13.8 Å². The monoisotopic (exact) mass is 255 g/mol. The Morgan fingerprint density at radius 2 is 2.14 bits per heavy atom. The minimum Gasteiger partial charge on any atom is -0.475 e. The fourth-order valence-electron chi connectivity index (χ4n) is 0.994. The van der Waals surface area contributed by atoms with Crippen LogP contribution >= 0.6 is 34.8 Å². The molecule has 0 N–H and O–H groups in total. The average molecular weight is 257 g/mol. The van der Waals surface area contributed by atoms with E-state index in [1.165, 1.54) is 0 Å². The second-order valence-corrected chi connectivity index (χ2v) is 5.72. The molecule has 1 atom stereocenters. The summed E-state index contributed by atoms with van der Waals surface area (Å²) in [4.78, 5) is 4.14. The van der Waals surface area contributed by atoms with Crippen molar-refractivity contribution in [1.82, 2.24) is 0 Å². The zero-order valence-electron chi connectivity index (χ0n) is 8.01. The first-order valence-corrected chi connectivity index (χ1v) is 5.49. The van der Waals surface area contributed by atoms with Crippen LogP contribution in [0.25, 0.3) is 0 Å². The van der Waals surface area contributed by atoms with Crippen molar-refractivity contribution in [3.8, 4) is 0 Å². The van der Waals surface area contributed by atoms with Gasteiger partial charge in [0.05, 0.1) is 0 Å². The number of nitrogens with zero attached hydrogens (tertiary/aromatic N) is 1. The Hall–Kier alpha value is 0.0800. The number of rotatable bonds is 2. The Balaban J connectivity index is 2.59. The van der Waals surface area contributed by atoms with E-state index in [1.54, 1.807) is 0 Å². The van der Waals surface area contributed by atoms with Crippen LogP contribution in [0.2, 0.25) is 0 Å². The molecular weight excluding hydrogens is 244 g/mol. The Morgan fingerprint density at radius 3 is 2.57 bits per heavy atom. The number of hydrogen-bond acceptors (Lipinski definition) is 2. The summed E-state index contributed by atoms with van der Waals surface area (Å²) in [5.41, 5.74) is 0. The lowest BCUT2D eigenvalue weighted by molar-refractivity contribution is 0.326. The van der Waals surface area contributed by atoms with Gasteiger partial charge in [-0.3, -0.25) is 0 Å². The van der Waals surface area contributed by atoms with Crippen LogP contribution in [0.5, 0.6) is 0 Å². The zero-order chi connectivity index (χ0) is 10.8. The summed E-state index contributed by atoms with van der Waals surface area (Å²) in [6.45, 7) is 4.63. The molecule has 0 spiro atoms. The van der Waals surface area contributed by atoms with Gasteiger partial charge < -0.3 is 4.74 Å². The molecule has 0 aromatic heterocycles. The molecule has 0 amide bonds. The molecule has 0 radical (unpaired) electrons. The largest absolute Gasteiger partial charge is 0.475 e. The quantitative estimate of drug-likeness (QED) is 0.548. The van der Waals surface area contributed by atoms with Gasteiger partial charge in [-0.2, -0.15) is 0 Å². The van der Waals surface area contributed by atoms with Gasteiger partial charge in [-0.25, -0.2) is 4.99 Å². The highest BCUT2D eigenvalue weighted by atomic mass is 35.6. The van der Waals surface area contributed by atoms with Crippen molar-refractivity contribution in [1.29, 1.82) is 0 Å². The SMILES string of the molecule is CC(C)/C=C\C1COC(C(Cl)(Cl)Cl)=N1. The van der Waals surface area contributed by atoms with Crippen LogP contribution in [0, 0.1) is 5.92 Å². The van der Waals surface area contributed by atoms with E-state index in [1.807, 2.05) is 6.08 Å². The van der Waals surface area contributed by atoms with Gasteiger partial charge in [-0.1, -0.05) is 60.8 Å². The highest BCUT2D eigenvalue weighted by molar-refractivity contribution is 6.76. The third kappa shape index (κ3) is 3.68. The summed E-state index contributed by atoms with van der Waals surface area (Å²) in [6.07, 6.45) is 4.02. The average Bonchev–Trinajstić information content (AvgIpc) is 2.47. The molecule has 1 aliphatic rings. The van der Waals surface area contributed by atoms with Gasteiger partial charge in [0.1, 0.15) is 12.6 Å². The summed E-state index contributed by atoms with van der Waals surface area (Å²) < 4.78 is 3.62. The molecule has 0 bridgehead atoms. The van der Waals surface area contributed by atoms with Gasteiger partial charge in [0.25, 0.3) is 3.79 Å². The standard InChI is InChI=1S/C9H12Cl3NO/c1-6(2)3-4-7-5-14-8(13-7)9(10,11)12/h3-4,6-7H,5H2,1-2H3/b4-3-. The van der Waals surface area contributed by atoms with Crippen LogP contribution in [0.15, 0.2) is 17.1 Å². The predicted octanol–water partition coefficient (Wildman–Crippen LogP) is 3.37. The van der Waals surface area contributed by atoms with Crippen molar-refractivity contribution in [2.45, 2.75) is 23.7 Å². The van der Waals surface area contributed by atoms with Gasteiger partial charge in [0.2, 0.25) is 5.90 Å². The molecule has 0 aliphatic carbocycles. The smallest absolute Gasteiger partial charge is 0.266 e. The summed E-state index contributed by atoms with van der Waals surface area (Å²) >= 11 is 16.9. The van der Waals surface area contributed by atoms with E-state index in [9.17, 15) is 0 Å². The molecule has 1 heterocycles. The Morgan fingerprint density at radius 1 is 1.50 bits per heavy atom. The van der Waals surface area contributed by atoms with Crippen LogP contribution in [0.4, 0.5) is 0 Å². The Labute approximate surface area is 98.9 Å². The van der Waals surface area contributed by atoms with E-state index in [4.69, 9.17) is 39.5 Å². The number of ether oxygens (including phenoxy) is 1. The van der Waals surface area contributed by atoms with Crippen molar-refractivity contribution >= 4 is 40.7 Å². The van der Waals surface area contributed by atoms with Crippen LogP contribution in [-0.2, 0) is 4.74 Å². The number of halogens is 3. The van der Waals surface area contributed by atoms with Gasteiger partial charge in [-0.05, 0) is 5.92 Å². The van der Waals surface area contributed by atoms with Gasteiger partial charge in [0.15, 0.2) is 0 Å². The first-order valence-electron chi connectivity index (χ1n) is 4.35. The molecule has 5 heteroatoms. The topological polar surface area (TPSA) is 21.6 Å². The van der Waals surface area contributed by atoms with Crippen LogP contribution < -0.4 is 0 Å². The fraction of sp³-hybridized carbons (Fsp3) is 0.667. The molecule has 14 heavy (non-hydrogen) atoms. The van der Waals surface area contributed by atoms with E-state index in [2.05, 4.69) is 24.9 Å². The number of allylic oxidation sites excluding steroid dienone is 1. The van der Waals surface area contributed by atoms with Gasteiger partial charge >= 0.3 is 0 Å². The predicted molar refractivity (Wildman–Crippen MR) is 61.4 cm³/mol. The number of aliphatic imine (C=N–C) groups is 1. The molecule has 0 saturated carbocycles. The van der Waals surface area contributed by atoms with Gasteiger partial charge in [0, 0.05) is 0 Å².